The van der Waals surface area contributed by atoms with Crippen molar-refractivity contribution in [1.82, 2.24) is 0 Å². The molecule has 0 saturated carbocycles. The molecular weight excluding hydrogens is 258 g/mol. The molecule has 0 aliphatic heterocycles. The molecule has 0 N–H and O–H groups in total. The molecule has 0 radical (unpaired) electrons. The number of benzene rings is 2. The Morgan fingerprint density at radius 3 is 2.37 bits per heavy atom. The molecule has 0 aromatic heterocycles. The molecule has 0 atom stereocenters. The van der Waals surface area contributed by atoms with Gasteiger partial charge in [0.05, 0.1) is 5.71 Å². The molecule has 0 aliphatic carbocycles. The third kappa shape index (κ3) is 4.11. The van der Waals surface area contributed by atoms with Gasteiger partial charge >= 0.3 is 0 Å². The lowest BCUT2D eigenvalue weighted by Crippen LogP contribution is -2.00. The van der Waals surface area contributed by atoms with Gasteiger partial charge in [-0.05, 0) is 29.7 Å². The van der Waals surface area contributed by atoms with E-state index < -0.39 is 0 Å². The van der Waals surface area contributed by atoms with E-state index in [1.165, 1.54) is 0 Å². The van der Waals surface area contributed by atoms with Crippen molar-refractivity contribution >= 4 is 17.3 Å². The zero-order chi connectivity index (χ0) is 13.5. The fourth-order valence-corrected chi connectivity index (χ4v) is 1.85. The first-order valence-electron chi connectivity index (χ1n) is 6.28. The van der Waals surface area contributed by atoms with Crippen molar-refractivity contribution in [2.75, 3.05) is 0 Å². The third-order valence-corrected chi connectivity index (χ3v) is 3.01. The molecular formula is C16H16ClNO. The van der Waals surface area contributed by atoms with Gasteiger partial charge in [-0.3, -0.25) is 0 Å². The second-order valence-corrected chi connectivity index (χ2v) is 4.59. The van der Waals surface area contributed by atoms with E-state index in [9.17, 15) is 0 Å². The van der Waals surface area contributed by atoms with Crippen LogP contribution in [-0.2, 0) is 11.4 Å². The number of oxime groups is 1. The zero-order valence-electron chi connectivity index (χ0n) is 10.8. The Morgan fingerprint density at radius 1 is 1.05 bits per heavy atom. The van der Waals surface area contributed by atoms with Crippen molar-refractivity contribution in [3.63, 3.8) is 0 Å². The van der Waals surface area contributed by atoms with Gasteiger partial charge in [0.1, 0.15) is 6.61 Å². The molecule has 98 valence electrons. The van der Waals surface area contributed by atoms with E-state index in [-0.39, 0.29) is 0 Å². The molecule has 0 spiro atoms. The number of hydrogen-bond donors (Lipinski definition) is 0. The Morgan fingerprint density at radius 2 is 1.74 bits per heavy atom. The van der Waals surface area contributed by atoms with E-state index in [1.807, 2.05) is 54.6 Å². The third-order valence-electron chi connectivity index (χ3n) is 2.76. The van der Waals surface area contributed by atoms with Crippen LogP contribution in [0.3, 0.4) is 0 Å². The van der Waals surface area contributed by atoms with Crippen molar-refractivity contribution in [3.8, 4) is 0 Å². The standard InChI is InChI=1S/C16H16ClNO/c1-2-16(14-8-10-15(17)11-9-14)18-19-12-13-6-4-3-5-7-13/h3-11H,2,12H2,1H3/b18-16+. The van der Waals surface area contributed by atoms with Crippen LogP contribution in [0.25, 0.3) is 0 Å². The van der Waals surface area contributed by atoms with Crippen LogP contribution < -0.4 is 0 Å². The van der Waals surface area contributed by atoms with Crippen LogP contribution in [0, 0.1) is 0 Å². The summed E-state index contributed by atoms with van der Waals surface area (Å²) >= 11 is 5.87. The van der Waals surface area contributed by atoms with Crippen LogP contribution in [0.5, 0.6) is 0 Å². The van der Waals surface area contributed by atoms with Crippen LogP contribution in [0.2, 0.25) is 5.02 Å². The number of hydrogen-bond acceptors (Lipinski definition) is 2. The maximum absolute atomic E-state index is 5.87. The van der Waals surface area contributed by atoms with E-state index in [0.717, 1.165) is 28.3 Å². The molecule has 0 heterocycles. The number of rotatable bonds is 5. The van der Waals surface area contributed by atoms with Gasteiger partial charge in [0.15, 0.2) is 0 Å². The van der Waals surface area contributed by atoms with Crippen molar-refractivity contribution < 1.29 is 4.84 Å². The second kappa shape index (κ2) is 6.95. The molecule has 3 heteroatoms. The summed E-state index contributed by atoms with van der Waals surface area (Å²) in [7, 11) is 0. The maximum atomic E-state index is 5.87. The summed E-state index contributed by atoms with van der Waals surface area (Å²) in [6, 6.07) is 17.6. The second-order valence-electron chi connectivity index (χ2n) is 4.16. The first-order chi connectivity index (χ1) is 9.29. The Kier molecular flexibility index (Phi) is 4.99. The summed E-state index contributed by atoms with van der Waals surface area (Å²) in [5.41, 5.74) is 3.07. The molecule has 0 aliphatic rings. The summed E-state index contributed by atoms with van der Waals surface area (Å²) in [4.78, 5) is 5.41. The van der Waals surface area contributed by atoms with E-state index in [2.05, 4.69) is 12.1 Å². The summed E-state index contributed by atoms with van der Waals surface area (Å²) in [6.45, 7) is 2.54. The molecule has 0 fully saturated rings. The average molecular weight is 274 g/mol. The Labute approximate surface area is 118 Å². The SMILES string of the molecule is CC/C(=N\OCc1ccccc1)c1ccc(Cl)cc1. The monoisotopic (exact) mass is 273 g/mol. The van der Waals surface area contributed by atoms with Crippen molar-refractivity contribution in [1.29, 1.82) is 0 Å². The van der Waals surface area contributed by atoms with Gasteiger partial charge in [-0.2, -0.15) is 0 Å². The van der Waals surface area contributed by atoms with Gasteiger partial charge in [0.2, 0.25) is 0 Å². The van der Waals surface area contributed by atoms with Crippen LogP contribution in [0.1, 0.15) is 24.5 Å². The Balaban J connectivity index is 2.01. The fraction of sp³-hybridized carbons (Fsp3) is 0.188. The highest BCUT2D eigenvalue weighted by atomic mass is 35.5. The van der Waals surface area contributed by atoms with Gasteiger partial charge in [0, 0.05) is 5.02 Å². The summed E-state index contributed by atoms with van der Waals surface area (Å²) in [5.74, 6) is 0. The summed E-state index contributed by atoms with van der Waals surface area (Å²) < 4.78 is 0. The van der Waals surface area contributed by atoms with Gasteiger partial charge in [-0.1, -0.05) is 66.1 Å². The summed E-state index contributed by atoms with van der Waals surface area (Å²) in [6.07, 6.45) is 0.816. The molecule has 2 rings (SSSR count). The minimum absolute atomic E-state index is 0.484. The largest absolute Gasteiger partial charge is 0.391 e. The molecule has 0 saturated heterocycles. The highest BCUT2D eigenvalue weighted by Crippen LogP contribution is 2.12. The zero-order valence-corrected chi connectivity index (χ0v) is 11.6. The fourth-order valence-electron chi connectivity index (χ4n) is 1.72. The van der Waals surface area contributed by atoms with Crippen LogP contribution in [-0.4, -0.2) is 5.71 Å². The van der Waals surface area contributed by atoms with E-state index in [4.69, 9.17) is 16.4 Å². The lowest BCUT2D eigenvalue weighted by Gasteiger charge is -2.05. The van der Waals surface area contributed by atoms with Gasteiger partial charge < -0.3 is 4.84 Å². The minimum Gasteiger partial charge on any atom is -0.391 e. The molecule has 0 unspecified atom stereocenters. The number of nitrogens with zero attached hydrogens (tertiary/aromatic N) is 1. The summed E-state index contributed by atoms with van der Waals surface area (Å²) in [5, 5.41) is 4.94. The quantitative estimate of drug-likeness (QED) is 0.573. The predicted octanol–water partition coefficient (Wildman–Crippen LogP) is 4.67. The lowest BCUT2D eigenvalue weighted by molar-refractivity contribution is 0.130. The smallest absolute Gasteiger partial charge is 0.142 e. The van der Waals surface area contributed by atoms with Crippen LogP contribution in [0.15, 0.2) is 59.8 Å². The molecule has 2 nitrogen and oxygen atoms in total. The highest BCUT2D eigenvalue weighted by Gasteiger charge is 2.02. The topological polar surface area (TPSA) is 21.6 Å². The van der Waals surface area contributed by atoms with Crippen molar-refractivity contribution in [2.24, 2.45) is 5.16 Å². The van der Waals surface area contributed by atoms with E-state index in [1.54, 1.807) is 0 Å². The molecule has 0 bridgehead atoms. The van der Waals surface area contributed by atoms with Gasteiger partial charge in [-0.25, -0.2) is 0 Å². The Bertz CT molecular complexity index is 534. The molecule has 0 amide bonds. The van der Waals surface area contributed by atoms with Gasteiger partial charge in [0.25, 0.3) is 0 Å². The first kappa shape index (κ1) is 13.6. The van der Waals surface area contributed by atoms with Crippen LogP contribution >= 0.6 is 11.6 Å². The molecule has 19 heavy (non-hydrogen) atoms. The van der Waals surface area contributed by atoms with Crippen molar-refractivity contribution in [2.45, 2.75) is 20.0 Å². The first-order valence-corrected chi connectivity index (χ1v) is 6.66. The van der Waals surface area contributed by atoms with Crippen LogP contribution in [0.4, 0.5) is 0 Å². The lowest BCUT2D eigenvalue weighted by atomic mass is 10.1. The predicted molar refractivity (Wildman–Crippen MR) is 79.5 cm³/mol. The average Bonchev–Trinajstić information content (AvgIpc) is 2.46. The normalized spacial score (nSPS) is 11.4. The number of halogens is 1. The molecule has 2 aromatic carbocycles. The maximum Gasteiger partial charge on any atom is 0.142 e. The van der Waals surface area contributed by atoms with Crippen molar-refractivity contribution in [3.05, 3.63) is 70.7 Å². The van der Waals surface area contributed by atoms with E-state index >= 15 is 0 Å². The molecule has 2 aromatic rings. The minimum atomic E-state index is 0.484. The highest BCUT2D eigenvalue weighted by molar-refractivity contribution is 6.30. The Hall–Kier alpha value is -1.80. The van der Waals surface area contributed by atoms with Gasteiger partial charge in [-0.15, -0.1) is 0 Å². The van der Waals surface area contributed by atoms with E-state index in [0.29, 0.717) is 6.61 Å².